The van der Waals surface area contributed by atoms with Crippen LogP contribution < -0.4 is 5.32 Å². The highest BCUT2D eigenvalue weighted by molar-refractivity contribution is 9.10. The molecule has 0 saturated heterocycles. The lowest BCUT2D eigenvalue weighted by atomic mass is 10.2. The van der Waals surface area contributed by atoms with Gasteiger partial charge in [0.2, 0.25) is 5.91 Å². The normalized spacial score (nSPS) is 12.1. The molecule has 0 fully saturated rings. The van der Waals surface area contributed by atoms with Crippen LogP contribution in [0.1, 0.15) is 18.5 Å². The van der Waals surface area contributed by atoms with E-state index in [1.165, 1.54) is 12.3 Å². The predicted octanol–water partition coefficient (Wildman–Crippen LogP) is 3.23. The van der Waals surface area contributed by atoms with Gasteiger partial charge in [-0.25, -0.2) is 4.39 Å². The summed E-state index contributed by atoms with van der Waals surface area (Å²) >= 11 is 3.30. The largest absolute Gasteiger partial charge is 0.322 e. The van der Waals surface area contributed by atoms with Gasteiger partial charge in [0.1, 0.15) is 11.9 Å². The summed E-state index contributed by atoms with van der Waals surface area (Å²) < 4.78 is 17.6. The SMILES string of the molecule is CC(C(=O)Nc1cnn(Cc2ccccc2F)c1)n1cc(Br)cn1. The van der Waals surface area contributed by atoms with E-state index in [0.29, 0.717) is 17.8 Å². The van der Waals surface area contributed by atoms with Gasteiger partial charge < -0.3 is 5.32 Å². The summed E-state index contributed by atoms with van der Waals surface area (Å²) in [4.78, 5) is 12.3. The highest BCUT2D eigenvalue weighted by Crippen LogP contribution is 2.15. The summed E-state index contributed by atoms with van der Waals surface area (Å²) in [6.45, 7) is 2.04. The van der Waals surface area contributed by atoms with Gasteiger partial charge in [0, 0.05) is 18.0 Å². The number of carbonyl (C=O) groups excluding carboxylic acids is 1. The van der Waals surface area contributed by atoms with Gasteiger partial charge in [-0.3, -0.25) is 14.2 Å². The zero-order chi connectivity index (χ0) is 17.1. The number of halogens is 2. The Kier molecular flexibility index (Phi) is 4.75. The van der Waals surface area contributed by atoms with E-state index in [2.05, 4.69) is 31.4 Å². The summed E-state index contributed by atoms with van der Waals surface area (Å²) in [5.41, 5.74) is 1.09. The highest BCUT2D eigenvalue weighted by Gasteiger charge is 2.16. The molecule has 1 aromatic carbocycles. The Balaban J connectivity index is 1.65. The Morgan fingerprint density at radius 2 is 2.08 bits per heavy atom. The van der Waals surface area contributed by atoms with Crippen LogP contribution in [0, 0.1) is 5.82 Å². The minimum atomic E-state index is -0.466. The van der Waals surface area contributed by atoms with Crippen molar-refractivity contribution in [3.8, 4) is 0 Å². The molecule has 1 N–H and O–H groups in total. The van der Waals surface area contributed by atoms with Crippen molar-refractivity contribution in [1.82, 2.24) is 19.6 Å². The molecule has 124 valence electrons. The van der Waals surface area contributed by atoms with E-state index < -0.39 is 6.04 Å². The lowest BCUT2D eigenvalue weighted by molar-refractivity contribution is -0.119. The molecule has 0 bridgehead atoms. The number of rotatable bonds is 5. The fourth-order valence-corrected chi connectivity index (χ4v) is 2.51. The third kappa shape index (κ3) is 3.70. The molecule has 0 spiro atoms. The number of nitrogens with zero attached hydrogens (tertiary/aromatic N) is 4. The summed E-state index contributed by atoms with van der Waals surface area (Å²) in [7, 11) is 0. The fraction of sp³-hybridized carbons (Fsp3) is 0.188. The summed E-state index contributed by atoms with van der Waals surface area (Å²) in [5.74, 6) is -0.493. The second kappa shape index (κ2) is 6.96. The summed E-state index contributed by atoms with van der Waals surface area (Å²) in [6.07, 6.45) is 6.54. The van der Waals surface area contributed by atoms with Crippen LogP contribution in [-0.2, 0) is 11.3 Å². The van der Waals surface area contributed by atoms with Crippen molar-refractivity contribution in [2.75, 3.05) is 5.32 Å². The summed E-state index contributed by atoms with van der Waals surface area (Å²) in [6, 6.07) is 6.06. The van der Waals surface area contributed by atoms with Gasteiger partial charge in [-0.15, -0.1) is 0 Å². The third-order valence-electron chi connectivity index (χ3n) is 3.54. The Labute approximate surface area is 146 Å². The lowest BCUT2D eigenvalue weighted by Crippen LogP contribution is -2.23. The highest BCUT2D eigenvalue weighted by atomic mass is 79.9. The zero-order valence-electron chi connectivity index (χ0n) is 12.9. The van der Waals surface area contributed by atoms with Crippen LogP contribution in [0.15, 0.2) is 53.5 Å². The Hall–Kier alpha value is -2.48. The quantitative estimate of drug-likeness (QED) is 0.725. The molecule has 0 saturated carbocycles. The average molecular weight is 392 g/mol. The number of aromatic nitrogens is 4. The molecule has 1 unspecified atom stereocenters. The van der Waals surface area contributed by atoms with E-state index in [0.717, 1.165) is 4.47 Å². The van der Waals surface area contributed by atoms with Crippen LogP contribution in [0.3, 0.4) is 0 Å². The van der Waals surface area contributed by atoms with E-state index in [9.17, 15) is 9.18 Å². The first-order chi connectivity index (χ1) is 11.5. The first-order valence-electron chi connectivity index (χ1n) is 7.29. The van der Waals surface area contributed by atoms with Gasteiger partial charge in [0.25, 0.3) is 0 Å². The third-order valence-corrected chi connectivity index (χ3v) is 3.95. The molecule has 0 aliphatic rings. The summed E-state index contributed by atoms with van der Waals surface area (Å²) in [5, 5.41) is 11.0. The lowest BCUT2D eigenvalue weighted by Gasteiger charge is -2.11. The number of benzene rings is 1. The topological polar surface area (TPSA) is 64.7 Å². The Bertz CT molecular complexity index is 860. The molecule has 0 aliphatic carbocycles. The van der Waals surface area contributed by atoms with Crippen molar-refractivity contribution in [2.45, 2.75) is 19.5 Å². The molecular formula is C16H15BrFN5O. The average Bonchev–Trinajstić information content (AvgIpc) is 3.18. The second-order valence-corrected chi connectivity index (χ2v) is 6.24. The molecule has 0 aliphatic heterocycles. The van der Waals surface area contributed by atoms with E-state index >= 15 is 0 Å². The van der Waals surface area contributed by atoms with Gasteiger partial charge in [-0.05, 0) is 28.9 Å². The fourth-order valence-electron chi connectivity index (χ4n) is 2.21. The number of anilines is 1. The first kappa shape index (κ1) is 16.4. The zero-order valence-corrected chi connectivity index (χ0v) is 14.4. The molecule has 2 aromatic heterocycles. The van der Waals surface area contributed by atoms with Crippen LogP contribution in [0.2, 0.25) is 0 Å². The van der Waals surface area contributed by atoms with E-state index in [1.807, 2.05) is 0 Å². The number of hydrogen-bond acceptors (Lipinski definition) is 3. The van der Waals surface area contributed by atoms with Gasteiger partial charge in [0.05, 0.1) is 29.1 Å². The van der Waals surface area contributed by atoms with Gasteiger partial charge >= 0.3 is 0 Å². The van der Waals surface area contributed by atoms with Crippen molar-refractivity contribution in [1.29, 1.82) is 0 Å². The number of carbonyl (C=O) groups is 1. The molecule has 6 nitrogen and oxygen atoms in total. The maximum Gasteiger partial charge on any atom is 0.249 e. The molecule has 2 heterocycles. The van der Waals surface area contributed by atoms with E-state index in [-0.39, 0.29) is 11.7 Å². The van der Waals surface area contributed by atoms with Crippen molar-refractivity contribution in [3.05, 3.63) is 64.9 Å². The minimum Gasteiger partial charge on any atom is -0.322 e. The van der Waals surface area contributed by atoms with Crippen LogP contribution in [0.5, 0.6) is 0 Å². The Morgan fingerprint density at radius 3 is 2.79 bits per heavy atom. The standard InChI is InChI=1S/C16H15BrFN5O/c1-11(23-9-13(17)6-20-23)16(24)21-14-7-19-22(10-14)8-12-4-2-3-5-15(12)18/h2-7,9-11H,8H2,1H3,(H,21,24). The monoisotopic (exact) mass is 391 g/mol. The van der Waals surface area contributed by atoms with Crippen LogP contribution in [0.25, 0.3) is 0 Å². The molecule has 3 aromatic rings. The smallest absolute Gasteiger partial charge is 0.249 e. The second-order valence-electron chi connectivity index (χ2n) is 5.32. The predicted molar refractivity (Wildman–Crippen MR) is 91.0 cm³/mol. The van der Waals surface area contributed by atoms with Crippen molar-refractivity contribution in [2.24, 2.45) is 0 Å². The number of nitrogens with one attached hydrogen (secondary N) is 1. The molecular weight excluding hydrogens is 377 g/mol. The maximum absolute atomic E-state index is 13.7. The van der Waals surface area contributed by atoms with Gasteiger partial charge in [0.15, 0.2) is 0 Å². The van der Waals surface area contributed by atoms with Crippen molar-refractivity contribution < 1.29 is 9.18 Å². The van der Waals surface area contributed by atoms with Crippen LogP contribution in [-0.4, -0.2) is 25.5 Å². The minimum absolute atomic E-state index is 0.212. The van der Waals surface area contributed by atoms with Gasteiger partial charge in [-0.2, -0.15) is 10.2 Å². The first-order valence-corrected chi connectivity index (χ1v) is 8.08. The van der Waals surface area contributed by atoms with E-state index in [1.54, 1.807) is 53.1 Å². The molecule has 0 radical (unpaired) electrons. The number of amides is 1. The molecule has 24 heavy (non-hydrogen) atoms. The maximum atomic E-state index is 13.7. The van der Waals surface area contributed by atoms with Crippen LogP contribution >= 0.6 is 15.9 Å². The molecule has 8 heteroatoms. The number of hydrogen-bond donors (Lipinski definition) is 1. The van der Waals surface area contributed by atoms with E-state index in [4.69, 9.17) is 0 Å². The molecule has 1 amide bonds. The Morgan fingerprint density at radius 1 is 1.29 bits per heavy atom. The van der Waals surface area contributed by atoms with Crippen LogP contribution in [0.4, 0.5) is 10.1 Å². The van der Waals surface area contributed by atoms with Gasteiger partial charge in [-0.1, -0.05) is 18.2 Å². The van der Waals surface area contributed by atoms with Crippen molar-refractivity contribution >= 4 is 27.5 Å². The van der Waals surface area contributed by atoms with Crippen molar-refractivity contribution in [3.63, 3.8) is 0 Å². The molecule has 3 rings (SSSR count). The molecule has 1 atom stereocenters.